The number of carbonyl (C=O) groups excluding carboxylic acids is 2. The summed E-state index contributed by atoms with van der Waals surface area (Å²) in [6, 6.07) is 14.6. The van der Waals surface area contributed by atoms with Gasteiger partial charge in [0.2, 0.25) is 5.91 Å². The molecule has 0 aromatic heterocycles. The van der Waals surface area contributed by atoms with Gasteiger partial charge in [0.15, 0.2) is 0 Å². The first-order chi connectivity index (χ1) is 11.5. The van der Waals surface area contributed by atoms with Gasteiger partial charge >= 0.3 is 0 Å². The minimum Gasteiger partial charge on any atom is -0.325 e. The van der Waals surface area contributed by atoms with Crippen LogP contribution in [-0.2, 0) is 4.79 Å². The highest BCUT2D eigenvalue weighted by molar-refractivity contribution is 6.30. The fourth-order valence-corrected chi connectivity index (χ4v) is 3.06. The topological polar surface area (TPSA) is 40.6 Å². The van der Waals surface area contributed by atoms with Crippen LogP contribution in [0.4, 0.5) is 5.69 Å². The van der Waals surface area contributed by atoms with Gasteiger partial charge in [-0.2, -0.15) is 0 Å². The van der Waals surface area contributed by atoms with Crippen molar-refractivity contribution in [2.24, 2.45) is 0 Å². The van der Waals surface area contributed by atoms with Crippen LogP contribution < -0.4 is 4.90 Å². The van der Waals surface area contributed by atoms with Crippen LogP contribution in [0.25, 0.3) is 0 Å². The molecule has 0 bridgehead atoms. The molecule has 2 amide bonds. The molecule has 1 aliphatic rings. The Labute approximate surface area is 146 Å². The average molecular weight is 343 g/mol. The molecule has 124 valence electrons. The van der Waals surface area contributed by atoms with E-state index in [4.69, 9.17) is 11.6 Å². The molecule has 1 aliphatic heterocycles. The zero-order valence-electron chi connectivity index (χ0n) is 13.7. The number of nitrogens with zero attached hydrogens (tertiary/aromatic N) is 2. The van der Waals surface area contributed by atoms with Crippen molar-refractivity contribution in [2.45, 2.75) is 19.9 Å². The third-order valence-electron chi connectivity index (χ3n) is 4.26. The van der Waals surface area contributed by atoms with Crippen molar-refractivity contribution in [1.82, 2.24) is 4.90 Å². The Kier molecular flexibility index (Phi) is 4.58. The summed E-state index contributed by atoms with van der Waals surface area (Å²) in [6.45, 7) is 4.46. The average Bonchev–Trinajstić information content (AvgIpc) is 2.56. The zero-order valence-corrected chi connectivity index (χ0v) is 14.5. The van der Waals surface area contributed by atoms with E-state index in [0.29, 0.717) is 17.1 Å². The van der Waals surface area contributed by atoms with E-state index in [1.54, 1.807) is 34.1 Å². The van der Waals surface area contributed by atoms with E-state index in [9.17, 15) is 9.59 Å². The molecule has 5 heteroatoms. The maximum Gasteiger partial charge on any atom is 0.254 e. The lowest BCUT2D eigenvalue weighted by Gasteiger charge is -2.39. The van der Waals surface area contributed by atoms with Crippen molar-refractivity contribution < 1.29 is 9.59 Å². The van der Waals surface area contributed by atoms with E-state index in [2.05, 4.69) is 0 Å². The predicted octanol–water partition coefficient (Wildman–Crippen LogP) is 3.53. The molecule has 1 fully saturated rings. The summed E-state index contributed by atoms with van der Waals surface area (Å²) >= 11 is 6.02. The van der Waals surface area contributed by atoms with Gasteiger partial charge in [0.05, 0.1) is 0 Å². The van der Waals surface area contributed by atoms with Crippen LogP contribution in [-0.4, -0.2) is 35.8 Å². The SMILES string of the molecule is Cc1ccc(C(=O)N2CC(=O)N(c3cccc(Cl)c3)C[C@H]2C)cc1. The van der Waals surface area contributed by atoms with Crippen LogP contribution in [0, 0.1) is 6.92 Å². The number of hydrogen-bond donors (Lipinski definition) is 0. The van der Waals surface area contributed by atoms with Crippen LogP contribution in [0.15, 0.2) is 48.5 Å². The molecule has 0 radical (unpaired) electrons. The molecule has 0 N–H and O–H groups in total. The molecule has 4 nitrogen and oxygen atoms in total. The molecule has 2 aromatic carbocycles. The molecular weight excluding hydrogens is 324 g/mol. The summed E-state index contributed by atoms with van der Waals surface area (Å²) in [6.07, 6.45) is 0. The maximum absolute atomic E-state index is 12.7. The lowest BCUT2D eigenvalue weighted by molar-refractivity contribution is -0.121. The second-order valence-corrected chi connectivity index (χ2v) is 6.57. The number of halogens is 1. The lowest BCUT2D eigenvalue weighted by atomic mass is 10.1. The lowest BCUT2D eigenvalue weighted by Crippen LogP contribution is -2.57. The van der Waals surface area contributed by atoms with Gasteiger partial charge in [0, 0.05) is 28.9 Å². The number of hydrogen-bond acceptors (Lipinski definition) is 2. The molecule has 3 rings (SSSR count). The molecule has 0 spiro atoms. The van der Waals surface area contributed by atoms with Gasteiger partial charge < -0.3 is 9.80 Å². The van der Waals surface area contributed by atoms with Gasteiger partial charge in [0.25, 0.3) is 5.91 Å². The van der Waals surface area contributed by atoms with Crippen molar-refractivity contribution in [3.8, 4) is 0 Å². The fourth-order valence-electron chi connectivity index (χ4n) is 2.88. The van der Waals surface area contributed by atoms with Crippen molar-refractivity contribution in [2.75, 3.05) is 18.0 Å². The van der Waals surface area contributed by atoms with E-state index in [1.165, 1.54) is 0 Å². The molecule has 1 saturated heterocycles. The van der Waals surface area contributed by atoms with Gasteiger partial charge in [-0.05, 0) is 44.2 Å². The van der Waals surface area contributed by atoms with Gasteiger partial charge in [-0.15, -0.1) is 0 Å². The minimum atomic E-state index is -0.110. The Morgan fingerprint density at radius 3 is 2.54 bits per heavy atom. The van der Waals surface area contributed by atoms with Gasteiger partial charge in [-0.25, -0.2) is 0 Å². The number of anilines is 1. The molecular formula is C19H19ClN2O2. The Bertz CT molecular complexity index is 773. The summed E-state index contributed by atoms with van der Waals surface area (Å²) in [7, 11) is 0. The number of amides is 2. The highest BCUT2D eigenvalue weighted by atomic mass is 35.5. The largest absolute Gasteiger partial charge is 0.325 e. The van der Waals surface area contributed by atoms with Crippen LogP contribution >= 0.6 is 11.6 Å². The Balaban J connectivity index is 1.79. The molecule has 0 aliphatic carbocycles. The first kappa shape index (κ1) is 16.5. The van der Waals surface area contributed by atoms with Crippen LogP contribution in [0.5, 0.6) is 0 Å². The third kappa shape index (κ3) is 3.29. The molecule has 1 heterocycles. The first-order valence-electron chi connectivity index (χ1n) is 7.89. The third-order valence-corrected chi connectivity index (χ3v) is 4.50. The maximum atomic E-state index is 12.7. The predicted molar refractivity (Wildman–Crippen MR) is 95.5 cm³/mol. The highest BCUT2D eigenvalue weighted by Gasteiger charge is 2.33. The van der Waals surface area contributed by atoms with Gasteiger partial charge in [-0.1, -0.05) is 35.4 Å². The Morgan fingerprint density at radius 1 is 1.17 bits per heavy atom. The summed E-state index contributed by atoms with van der Waals surface area (Å²) in [5.41, 5.74) is 2.47. The first-order valence-corrected chi connectivity index (χ1v) is 8.27. The van der Waals surface area contributed by atoms with Crippen LogP contribution in [0.3, 0.4) is 0 Å². The quantitative estimate of drug-likeness (QED) is 0.837. The van der Waals surface area contributed by atoms with Crippen LogP contribution in [0.2, 0.25) is 5.02 Å². The number of carbonyl (C=O) groups is 2. The second-order valence-electron chi connectivity index (χ2n) is 6.13. The van der Waals surface area contributed by atoms with Crippen molar-refractivity contribution in [3.63, 3.8) is 0 Å². The molecule has 2 aromatic rings. The second kappa shape index (κ2) is 6.65. The molecule has 0 saturated carbocycles. The standard InChI is InChI=1S/C19H19ClN2O2/c1-13-6-8-15(9-7-13)19(24)21-12-18(23)22(11-14(21)2)17-5-3-4-16(20)10-17/h3-10,14H,11-12H2,1-2H3/t14-/m1/s1. The van der Waals surface area contributed by atoms with Crippen molar-refractivity contribution in [3.05, 3.63) is 64.7 Å². The number of piperazine rings is 1. The summed E-state index contributed by atoms with van der Waals surface area (Å²) < 4.78 is 0. The van der Waals surface area contributed by atoms with E-state index >= 15 is 0 Å². The van der Waals surface area contributed by atoms with E-state index in [1.807, 2.05) is 38.1 Å². The molecule has 0 unspecified atom stereocenters. The van der Waals surface area contributed by atoms with Gasteiger partial charge in [-0.3, -0.25) is 9.59 Å². The number of rotatable bonds is 2. The van der Waals surface area contributed by atoms with Gasteiger partial charge in [0.1, 0.15) is 6.54 Å². The fraction of sp³-hybridized carbons (Fsp3) is 0.263. The number of benzene rings is 2. The smallest absolute Gasteiger partial charge is 0.254 e. The zero-order chi connectivity index (χ0) is 17.3. The Hall–Kier alpha value is -2.33. The minimum absolute atomic E-state index is 0.0698. The molecule has 24 heavy (non-hydrogen) atoms. The summed E-state index contributed by atoms with van der Waals surface area (Å²) in [5.74, 6) is -0.211. The van der Waals surface area contributed by atoms with E-state index < -0.39 is 0 Å². The van der Waals surface area contributed by atoms with Crippen molar-refractivity contribution in [1.29, 1.82) is 0 Å². The van der Waals surface area contributed by atoms with E-state index in [0.717, 1.165) is 11.3 Å². The summed E-state index contributed by atoms with van der Waals surface area (Å²) in [5, 5.41) is 0.589. The Morgan fingerprint density at radius 2 is 1.88 bits per heavy atom. The van der Waals surface area contributed by atoms with Crippen LogP contribution in [0.1, 0.15) is 22.8 Å². The normalized spacial score (nSPS) is 18.0. The highest BCUT2D eigenvalue weighted by Crippen LogP contribution is 2.24. The monoisotopic (exact) mass is 342 g/mol. The van der Waals surface area contributed by atoms with Crippen molar-refractivity contribution >= 4 is 29.1 Å². The van der Waals surface area contributed by atoms with E-state index in [-0.39, 0.29) is 24.4 Å². The summed E-state index contributed by atoms with van der Waals surface area (Å²) in [4.78, 5) is 28.6. The number of aryl methyl sites for hydroxylation is 1. The molecule has 1 atom stereocenters.